The number of nitrogen functional groups attached to an aromatic ring is 1. The second kappa shape index (κ2) is 4.81. The topological polar surface area (TPSA) is 58.3 Å². The predicted octanol–water partition coefficient (Wildman–Crippen LogP) is 1.45. The number of aliphatic hydroxyl groups excluding tert-OH is 1. The number of nitrogens with one attached hydrogen (secondary N) is 1. The lowest BCUT2D eigenvalue weighted by Gasteiger charge is -2.11. The molecule has 0 fully saturated rings. The van der Waals surface area contributed by atoms with Crippen molar-refractivity contribution in [3.05, 3.63) is 24.0 Å². The number of aliphatic hydroxyl groups is 1. The molecular weight excluding hydrogens is 183 g/mol. The van der Waals surface area contributed by atoms with Gasteiger partial charge >= 0.3 is 0 Å². The van der Waals surface area contributed by atoms with Gasteiger partial charge in [-0.1, -0.05) is 6.92 Å². The van der Waals surface area contributed by atoms with Crippen molar-refractivity contribution in [2.45, 2.75) is 6.92 Å². The summed E-state index contributed by atoms with van der Waals surface area (Å²) in [6.45, 7) is 2.60. The van der Waals surface area contributed by atoms with E-state index in [1.165, 1.54) is 12.1 Å². The van der Waals surface area contributed by atoms with Crippen LogP contribution >= 0.6 is 0 Å². The summed E-state index contributed by atoms with van der Waals surface area (Å²) in [5.74, 6) is -0.219. The molecule has 1 aromatic rings. The zero-order valence-corrected chi connectivity index (χ0v) is 8.13. The zero-order chi connectivity index (χ0) is 10.6. The van der Waals surface area contributed by atoms with Gasteiger partial charge in [-0.05, 0) is 24.1 Å². The second-order valence-corrected chi connectivity index (χ2v) is 3.44. The second-order valence-electron chi connectivity index (χ2n) is 3.44. The van der Waals surface area contributed by atoms with Crippen LogP contribution in [0.25, 0.3) is 0 Å². The minimum absolute atomic E-state index is 0.109. The number of hydrogen-bond donors (Lipinski definition) is 3. The fourth-order valence-electron chi connectivity index (χ4n) is 1.07. The molecule has 1 atom stereocenters. The van der Waals surface area contributed by atoms with Crippen LogP contribution in [-0.4, -0.2) is 18.3 Å². The van der Waals surface area contributed by atoms with Gasteiger partial charge in [-0.15, -0.1) is 0 Å². The maximum Gasteiger partial charge on any atom is 0.127 e. The van der Waals surface area contributed by atoms with Crippen molar-refractivity contribution in [1.82, 2.24) is 0 Å². The minimum Gasteiger partial charge on any atom is -0.399 e. The van der Waals surface area contributed by atoms with Gasteiger partial charge in [-0.25, -0.2) is 4.39 Å². The van der Waals surface area contributed by atoms with Crippen molar-refractivity contribution in [1.29, 1.82) is 0 Å². The van der Waals surface area contributed by atoms with Crippen LogP contribution in [0.4, 0.5) is 15.8 Å². The number of halogens is 1. The molecule has 0 aliphatic rings. The van der Waals surface area contributed by atoms with Crippen molar-refractivity contribution in [3.8, 4) is 0 Å². The summed E-state index contributed by atoms with van der Waals surface area (Å²) >= 11 is 0. The maximum absolute atomic E-state index is 12.9. The fraction of sp³-hybridized carbons (Fsp3) is 0.400. The first-order chi connectivity index (χ1) is 6.61. The van der Waals surface area contributed by atoms with Crippen molar-refractivity contribution >= 4 is 11.4 Å². The Labute approximate surface area is 82.7 Å². The van der Waals surface area contributed by atoms with E-state index in [-0.39, 0.29) is 18.3 Å². The number of benzene rings is 1. The summed E-state index contributed by atoms with van der Waals surface area (Å²) in [5.41, 5.74) is 6.50. The molecular formula is C10H15FN2O. The standard InChI is InChI=1S/C10H15FN2O/c1-7(6-14)5-13-10-3-8(11)2-9(12)4-10/h2-4,7,13-14H,5-6,12H2,1H3. The van der Waals surface area contributed by atoms with Crippen molar-refractivity contribution in [2.75, 3.05) is 24.2 Å². The van der Waals surface area contributed by atoms with E-state index in [1.54, 1.807) is 6.07 Å². The molecule has 3 nitrogen and oxygen atoms in total. The monoisotopic (exact) mass is 198 g/mol. The molecule has 0 spiro atoms. The van der Waals surface area contributed by atoms with Crippen molar-refractivity contribution in [2.24, 2.45) is 5.92 Å². The zero-order valence-electron chi connectivity index (χ0n) is 8.13. The SMILES string of the molecule is CC(CO)CNc1cc(N)cc(F)c1. The van der Waals surface area contributed by atoms with Crippen LogP contribution in [0.5, 0.6) is 0 Å². The predicted molar refractivity (Wildman–Crippen MR) is 55.6 cm³/mol. The van der Waals surface area contributed by atoms with Crippen LogP contribution in [0, 0.1) is 11.7 Å². The van der Waals surface area contributed by atoms with Gasteiger partial charge in [-0.2, -0.15) is 0 Å². The van der Waals surface area contributed by atoms with E-state index in [1.807, 2.05) is 6.92 Å². The minimum atomic E-state index is -0.357. The van der Waals surface area contributed by atoms with E-state index in [4.69, 9.17) is 10.8 Å². The van der Waals surface area contributed by atoms with Gasteiger partial charge in [0.25, 0.3) is 0 Å². The van der Waals surface area contributed by atoms with Gasteiger partial charge in [0.15, 0.2) is 0 Å². The quantitative estimate of drug-likeness (QED) is 0.642. The van der Waals surface area contributed by atoms with Gasteiger partial charge in [0.05, 0.1) is 0 Å². The first-order valence-corrected chi connectivity index (χ1v) is 4.52. The number of nitrogens with two attached hydrogens (primary N) is 1. The van der Waals surface area contributed by atoms with Crippen LogP contribution in [0.1, 0.15) is 6.92 Å². The Hall–Kier alpha value is -1.29. The number of anilines is 2. The van der Waals surface area contributed by atoms with Crippen LogP contribution in [0.15, 0.2) is 18.2 Å². The molecule has 0 aromatic heterocycles. The van der Waals surface area contributed by atoms with E-state index < -0.39 is 0 Å². The highest BCUT2D eigenvalue weighted by atomic mass is 19.1. The van der Waals surface area contributed by atoms with Gasteiger partial charge in [-0.3, -0.25) is 0 Å². The first kappa shape index (κ1) is 10.8. The lowest BCUT2D eigenvalue weighted by molar-refractivity contribution is 0.244. The third-order valence-corrected chi connectivity index (χ3v) is 1.89. The van der Waals surface area contributed by atoms with Crippen molar-refractivity contribution in [3.63, 3.8) is 0 Å². The summed E-state index contributed by atoms with van der Waals surface area (Å²) < 4.78 is 12.9. The van der Waals surface area contributed by atoms with Gasteiger partial charge < -0.3 is 16.2 Å². The Morgan fingerprint density at radius 3 is 2.79 bits per heavy atom. The van der Waals surface area contributed by atoms with E-state index in [2.05, 4.69) is 5.32 Å². The Morgan fingerprint density at radius 1 is 1.50 bits per heavy atom. The molecule has 0 amide bonds. The molecule has 0 aliphatic heterocycles. The molecule has 1 unspecified atom stereocenters. The van der Waals surface area contributed by atoms with Gasteiger partial charge in [0, 0.05) is 24.5 Å². The summed E-state index contributed by atoms with van der Waals surface area (Å²) in [4.78, 5) is 0. The van der Waals surface area contributed by atoms with Gasteiger partial charge in [0.1, 0.15) is 5.82 Å². The average Bonchev–Trinajstić information content (AvgIpc) is 2.12. The summed E-state index contributed by atoms with van der Waals surface area (Å²) in [7, 11) is 0. The Kier molecular flexibility index (Phi) is 3.71. The molecule has 78 valence electrons. The molecule has 0 aliphatic carbocycles. The smallest absolute Gasteiger partial charge is 0.127 e. The van der Waals surface area contributed by atoms with E-state index in [0.29, 0.717) is 17.9 Å². The van der Waals surface area contributed by atoms with Crippen molar-refractivity contribution < 1.29 is 9.50 Å². The molecule has 14 heavy (non-hydrogen) atoms. The van der Waals surface area contributed by atoms with E-state index in [0.717, 1.165) is 0 Å². The highest BCUT2D eigenvalue weighted by molar-refractivity contribution is 5.54. The number of rotatable bonds is 4. The maximum atomic E-state index is 12.9. The van der Waals surface area contributed by atoms with Crippen LogP contribution in [0.2, 0.25) is 0 Å². The summed E-state index contributed by atoms with van der Waals surface area (Å²) in [6, 6.07) is 4.30. The Morgan fingerprint density at radius 2 is 2.21 bits per heavy atom. The van der Waals surface area contributed by atoms with Crippen LogP contribution in [0.3, 0.4) is 0 Å². The Bertz CT molecular complexity index is 284. The molecule has 1 aromatic carbocycles. The number of hydrogen-bond acceptors (Lipinski definition) is 3. The normalized spacial score (nSPS) is 12.5. The molecule has 0 saturated carbocycles. The van der Waals surface area contributed by atoms with E-state index in [9.17, 15) is 4.39 Å². The highest BCUT2D eigenvalue weighted by Gasteiger charge is 2.01. The average molecular weight is 198 g/mol. The van der Waals surface area contributed by atoms with Crippen LogP contribution < -0.4 is 11.1 Å². The molecule has 0 saturated heterocycles. The first-order valence-electron chi connectivity index (χ1n) is 4.52. The van der Waals surface area contributed by atoms with E-state index >= 15 is 0 Å². The van der Waals surface area contributed by atoms with Crippen LogP contribution in [-0.2, 0) is 0 Å². The van der Waals surface area contributed by atoms with Gasteiger partial charge in [0.2, 0.25) is 0 Å². The molecule has 4 N–H and O–H groups in total. The Balaban J connectivity index is 2.58. The molecule has 1 rings (SSSR count). The summed E-state index contributed by atoms with van der Waals surface area (Å²) in [6.07, 6.45) is 0. The summed E-state index contributed by atoms with van der Waals surface area (Å²) in [5, 5.41) is 11.8. The molecule has 0 radical (unpaired) electrons. The molecule has 0 heterocycles. The molecule has 0 bridgehead atoms. The third kappa shape index (κ3) is 3.22. The lowest BCUT2D eigenvalue weighted by Crippen LogP contribution is -2.14. The third-order valence-electron chi connectivity index (χ3n) is 1.89. The lowest BCUT2D eigenvalue weighted by atomic mass is 10.2. The molecule has 4 heteroatoms. The largest absolute Gasteiger partial charge is 0.399 e. The fourth-order valence-corrected chi connectivity index (χ4v) is 1.07. The highest BCUT2D eigenvalue weighted by Crippen LogP contribution is 2.15.